The summed E-state index contributed by atoms with van der Waals surface area (Å²) in [5.41, 5.74) is 0. The predicted octanol–water partition coefficient (Wildman–Crippen LogP) is 2.55. The number of nitrogens with zero attached hydrogens (tertiary/aromatic N) is 3. The first kappa shape index (κ1) is 16.1. The average Bonchev–Trinajstić information content (AvgIpc) is 3.31. The summed E-state index contributed by atoms with van der Waals surface area (Å²) in [5.74, 6) is 2.17. The molecule has 1 saturated heterocycles. The summed E-state index contributed by atoms with van der Waals surface area (Å²) in [5, 5.41) is 4.03. The van der Waals surface area contributed by atoms with Crippen LogP contribution in [-0.2, 0) is 9.53 Å². The van der Waals surface area contributed by atoms with Gasteiger partial charge in [0.25, 0.3) is 0 Å². The first-order valence-electron chi connectivity index (χ1n) is 8.64. The summed E-state index contributed by atoms with van der Waals surface area (Å²) >= 11 is 0. The number of allylic oxidation sites excluding steroid dienone is 2. The van der Waals surface area contributed by atoms with E-state index in [4.69, 9.17) is 13.7 Å². The summed E-state index contributed by atoms with van der Waals surface area (Å²) in [7, 11) is 0. The highest BCUT2D eigenvalue weighted by molar-refractivity contribution is 5.80. The number of carbonyl (C=O) groups excluding carboxylic acids is 1. The van der Waals surface area contributed by atoms with Gasteiger partial charge in [0.05, 0.1) is 25.0 Å². The lowest BCUT2D eigenvalue weighted by Gasteiger charge is -2.33. The van der Waals surface area contributed by atoms with Crippen molar-refractivity contribution in [1.29, 1.82) is 0 Å². The van der Waals surface area contributed by atoms with Gasteiger partial charge in [0.2, 0.25) is 17.6 Å². The minimum atomic E-state index is -0.172. The molecule has 2 aromatic rings. The molecule has 7 nitrogen and oxygen atoms in total. The fourth-order valence-electron chi connectivity index (χ4n) is 3.42. The molecule has 2 aromatic heterocycles. The van der Waals surface area contributed by atoms with Crippen LogP contribution in [0.4, 0.5) is 0 Å². The molecular formula is C18H21N3O4. The van der Waals surface area contributed by atoms with Gasteiger partial charge in [-0.05, 0) is 31.9 Å². The second-order valence-corrected chi connectivity index (χ2v) is 6.46. The van der Waals surface area contributed by atoms with E-state index in [2.05, 4.69) is 22.3 Å². The van der Waals surface area contributed by atoms with Crippen LogP contribution in [-0.4, -0.2) is 47.3 Å². The van der Waals surface area contributed by atoms with Crippen LogP contribution in [0.15, 0.2) is 33.2 Å². The molecule has 0 N–H and O–H groups in total. The zero-order valence-corrected chi connectivity index (χ0v) is 14.2. The molecule has 2 unspecified atom stereocenters. The Morgan fingerprint density at radius 1 is 1.20 bits per heavy atom. The van der Waals surface area contributed by atoms with E-state index in [0.717, 1.165) is 12.2 Å². The van der Waals surface area contributed by atoms with Gasteiger partial charge in [-0.1, -0.05) is 17.3 Å². The quantitative estimate of drug-likeness (QED) is 0.797. The molecule has 7 heteroatoms. The monoisotopic (exact) mass is 343 g/mol. The molecule has 132 valence electrons. The minimum Gasteiger partial charge on any atom is -0.458 e. The Bertz CT molecular complexity index is 773. The van der Waals surface area contributed by atoms with Crippen LogP contribution in [0.25, 0.3) is 11.6 Å². The van der Waals surface area contributed by atoms with Crippen molar-refractivity contribution in [2.24, 2.45) is 5.92 Å². The highest BCUT2D eigenvalue weighted by atomic mass is 16.5. The average molecular weight is 343 g/mol. The number of rotatable bonds is 3. The van der Waals surface area contributed by atoms with Gasteiger partial charge in [0.1, 0.15) is 5.76 Å². The summed E-state index contributed by atoms with van der Waals surface area (Å²) in [6.45, 7) is 4.36. The second-order valence-electron chi connectivity index (χ2n) is 6.46. The van der Waals surface area contributed by atoms with Crippen molar-refractivity contribution >= 4 is 5.91 Å². The molecule has 2 atom stereocenters. The molecule has 0 spiro atoms. The van der Waals surface area contributed by atoms with Crippen LogP contribution in [0.1, 0.15) is 30.4 Å². The topological polar surface area (TPSA) is 81.6 Å². The van der Waals surface area contributed by atoms with Crippen molar-refractivity contribution < 1.29 is 18.5 Å². The van der Waals surface area contributed by atoms with Gasteiger partial charge < -0.3 is 18.6 Å². The minimum absolute atomic E-state index is 0.0994. The van der Waals surface area contributed by atoms with E-state index in [-0.39, 0.29) is 17.7 Å². The number of aromatic nitrogens is 2. The number of morpholine rings is 1. The van der Waals surface area contributed by atoms with Crippen LogP contribution in [0.3, 0.4) is 0 Å². The zero-order chi connectivity index (χ0) is 17.2. The van der Waals surface area contributed by atoms with E-state index in [0.29, 0.717) is 50.2 Å². The Balaban J connectivity index is 1.56. The SMILES string of the molecule is Cc1ccc(-c2noc(C3CC=CCC3C(=O)N3CCOCC3)n2)o1. The van der Waals surface area contributed by atoms with Gasteiger partial charge in [-0.3, -0.25) is 4.79 Å². The Labute approximate surface area is 145 Å². The normalized spacial score (nSPS) is 23.8. The van der Waals surface area contributed by atoms with Crippen LogP contribution in [0, 0.1) is 12.8 Å². The fraction of sp³-hybridized carbons (Fsp3) is 0.500. The molecule has 0 aromatic carbocycles. The van der Waals surface area contributed by atoms with Crippen molar-refractivity contribution in [3.63, 3.8) is 0 Å². The maximum atomic E-state index is 12.9. The van der Waals surface area contributed by atoms with Crippen LogP contribution < -0.4 is 0 Å². The van der Waals surface area contributed by atoms with Crippen LogP contribution in [0.2, 0.25) is 0 Å². The molecule has 3 heterocycles. The Hall–Kier alpha value is -2.41. The van der Waals surface area contributed by atoms with Crippen molar-refractivity contribution in [2.75, 3.05) is 26.3 Å². The lowest BCUT2D eigenvalue weighted by atomic mass is 9.81. The van der Waals surface area contributed by atoms with E-state index in [1.807, 2.05) is 24.0 Å². The number of furan rings is 1. The van der Waals surface area contributed by atoms with E-state index < -0.39 is 0 Å². The Morgan fingerprint density at radius 2 is 2.00 bits per heavy atom. The molecule has 1 fully saturated rings. The summed E-state index contributed by atoms with van der Waals surface area (Å²) < 4.78 is 16.4. The number of amides is 1. The lowest BCUT2D eigenvalue weighted by Crippen LogP contribution is -2.45. The third-order valence-electron chi connectivity index (χ3n) is 4.79. The largest absolute Gasteiger partial charge is 0.458 e. The molecule has 1 amide bonds. The van der Waals surface area contributed by atoms with Crippen molar-refractivity contribution in [2.45, 2.75) is 25.7 Å². The molecule has 0 radical (unpaired) electrons. The highest BCUT2D eigenvalue weighted by Crippen LogP contribution is 2.36. The van der Waals surface area contributed by atoms with Crippen LogP contribution in [0.5, 0.6) is 0 Å². The summed E-state index contributed by atoms with van der Waals surface area (Å²) in [4.78, 5) is 19.3. The fourth-order valence-corrected chi connectivity index (χ4v) is 3.42. The second kappa shape index (κ2) is 6.84. The van der Waals surface area contributed by atoms with E-state index >= 15 is 0 Å². The number of ether oxygens (including phenoxy) is 1. The summed E-state index contributed by atoms with van der Waals surface area (Å²) in [6.07, 6.45) is 5.55. The highest BCUT2D eigenvalue weighted by Gasteiger charge is 2.37. The molecule has 0 saturated carbocycles. The number of hydrogen-bond acceptors (Lipinski definition) is 6. The smallest absolute Gasteiger partial charge is 0.238 e. The van der Waals surface area contributed by atoms with E-state index in [9.17, 15) is 4.79 Å². The number of hydrogen-bond donors (Lipinski definition) is 0. The lowest BCUT2D eigenvalue weighted by molar-refractivity contribution is -0.140. The van der Waals surface area contributed by atoms with E-state index in [1.54, 1.807) is 0 Å². The molecular weight excluding hydrogens is 322 g/mol. The predicted molar refractivity (Wildman–Crippen MR) is 88.7 cm³/mol. The molecule has 25 heavy (non-hydrogen) atoms. The zero-order valence-electron chi connectivity index (χ0n) is 14.2. The van der Waals surface area contributed by atoms with Crippen molar-refractivity contribution in [3.8, 4) is 11.6 Å². The van der Waals surface area contributed by atoms with Gasteiger partial charge in [0, 0.05) is 13.1 Å². The molecule has 1 aliphatic carbocycles. The van der Waals surface area contributed by atoms with Gasteiger partial charge in [-0.25, -0.2) is 0 Å². The van der Waals surface area contributed by atoms with Crippen LogP contribution >= 0.6 is 0 Å². The van der Waals surface area contributed by atoms with Gasteiger partial charge in [-0.2, -0.15) is 4.98 Å². The summed E-state index contributed by atoms with van der Waals surface area (Å²) in [6, 6.07) is 3.68. The van der Waals surface area contributed by atoms with Crippen molar-refractivity contribution in [3.05, 3.63) is 35.9 Å². The standard InChI is InChI=1S/C18H21N3O4/c1-12-6-7-15(24-12)16-19-17(25-20-16)13-4-2-3-5-14(13)18(22)21-8-10-23-11-9-21/h2-3,6-7,13-14H,4-5,8-11H2,1H3. The molecule has 2 aliphatic rings. The first-order chi connectivity index (χ1) is 12.2. The number of aryl methyl sites for hydroxylation is 1. The van der Waals surface area contributed by atoms with Gasteiger partial charge in [0.15, 0.2) is 5.76 Å². The molecule has 0 bridgehead atoms. The third-order valence-corrected chi connectivity index (χ3v) is 4.79. The maximum Gasteiger partial charge on any atom is 0.238 e. The van der Waals surface area contributed by atoms with Gasteiger partial charge >= 0.3 is 0 Å². The van der Waals surface area contributed by atoms with Crippen molar-refractivity contribution in [1.82, 2.24) is 15.0 Å². The van der Waals surface area contributed by atoms with Gasteiger partial charge in [-0.15, -0.1) is 0 Å². The maximum absolute atomic E-state index is 12.9. The first-order valence-corrected chi connectivity index (χ1v) is 8.64. The Morgan fingerprint density at radius 3 is 2.76 bits per heavy atom. The molecule has 1 aliphatic heterocycles. The third kappa shape index (κ3) is 3.24. The number of carbonyl (C=O) groups is 1. The molecule has 4 rings (SSSR count). The Kier molecular flexibility index (Phi) is 4.40. The van der Waals surface area contributed by atoms with E-state index in [1.165, 1.54) is 0 Å².